The molecular weight excluding hydrogens is 350 g/mol. The van der Waals surface area contributed by atoms with Crippen molar-refractivity contribution in [3.05, 3.63) is 35.4 Å². The number of nitrogens with two attached hydrogens (primary N) is 1. The van der Waals surface area contributed by atoms with Gasteiger partial charge in [-0.25, -0.2) is 10.5 Å². The van der Waals surface area contributed by atoms with Crippen molar-refractivity contribution in [2.24, 2.45) is 5.92 Å². The molecular formula is C18H21N5O4. The molecule has 9 nitrogen and oxygen atoms in total. The maximum Gasteiger partial charge on any atom is 0.284 e. The van der Waals surface area contributed by atoms with E-state index in [0.29, 0.717) is 17.7 Å². The van der Waals surface area contributed by atoms with Crippen LogP contribution in [0.1, 0.15) is 29.8 Å². The molecule has 2 aromatic rings. The van der Waals surface area contributed by atoms with Gasteiger partial charge in [-0.05, 0) is 18.1 Å². The van der Waals surface area contributed by atoms with Crippen molar-refractivity contribution in [1.82, 2.24) is 15.4 Å². The van der Waals surface area contributed by atoms with Gasteiger partial charge in [0.1, 0.15) is 18.0 Å². The molecule has 0 radical (unpaired) electrons. The van der Waals surface area contributed by atoms with E-state index in [1.807, 2.05) is 19.9 Å². The molecule has 1 aromatic heterocycles. The minimum Gasteiger partial charge on any atom is -0.475 e. The average Bonchev–Trinajstić information content (AvgIpc) is 2.65. The Morgan fingerprint density at radius 3 is 2.85 bits per heavy atom. The van der Waals surface area contributed by atoms with Crippen LogP contribution in [0.4, 0.5) is 5.82 Å². The van der Waals surface area contributed by atoms with E-state index in [1.54, 1.807) is 24.3 Å². The number of hydroxylamine groups is 1. The van der Waals surface area contributed by atoms with Crippen LogP contribution in [0.25, 0.3) is 11.4 Å². The summed E-state index contributed by atoms with van der Waals surface area (Å²) in [5.74, 6) is -0.435. The third-order valence-electron chi connectivity index (χ3n) is 3.29. The number of carbonyl (C=O) groups excluding carboxylic acids is 1. The summed E-state index contributed by atoms with van der Waals surface area (Å²) in [5, 5.41) is 18.1. The fraction of sp³-hybridized carbons (Fsp3) is 0.333. The molecule has 0 saturated carbocycles. The molecule has 4 N–H and O–H groups in total. The molecule has 2 rings (SSSR count). The van der Waals surface area contributed by atoms with E-state index < -0.39 is 5.91 Å². The molecule has 1 amide bonds. The number of benzene rings is 1. The molecule has 0 spiro atoms. The standard InChI is InChI=1S/C18H21N5O4/c1-11(2)10-27-23-17(25)14-15(20)21-16(22-18(14)26-7-6-24)13-5-3-4-12(8-13)9-19/h3-5,8,11,24H,6-7,10H2,1-2H3,(H,23,25)(H2,20,21,22). The van der Waals surface area contributed by atoms with E-state index in [-0.39, 0.29) is 42.2 Å². The number of nitrogens with one attached hydrogen (secondary N) is 1. The number of aromatic nitrogens is 2. The topological polar surface area (TPSA) is 143 Å². The number of anilines is 1. The van der Waals surface area contributed by atoms with E-state index >= 15 is 0 Å². The Morgan fingerprint density at radius 2 is 2.19 bits per heavy atom. The van der Waals surface area contributed by atoms with Crippen LogP contribution in [-0.2, 0) is 4.84 Å². The van der Waals surface area contributed by atoms with Crippen molar-refractivity contribution in [3.63, 3.8) is 0 Å². The largest absolute Gasteiger partial charge is 0.475 e. The SMILES string of the molecule is CC(C)CONC(=O)c1c(N)nc(-c2cccc(C#N)c2)nc1OCCO. The molecule has 0 aliphatic heterocycles. The van der Waals surface area contributed by atoms with Crippen LogP contribution in [0.15, 0.2) is 24.3 Å². The van der Waals surface area contributed by atoms with E-state index in [4.69, 9.17) is 25.7 Å². The van der Waals surface area contributed by atoms with E-state index in [1.165, 1.54) is 0 Å². The first-order valence-electron chi connectivity index (χ1n) is 8.30. The monoisotopic (exact) mass is 371 g/mol. The lowest BCUT2D eigenvalue weighted by atomic mass is 10.1. The van der Waals surface area contributed by atoms with Crippen molar-refractivity contribution < 1.29 is 19.5 Å². The lowest BCUT2D eigenvalue weighted by molar-refractivity contribution is 0.0205. The number of rotatable bonds is 8. The second-order valence-corrected chi connectivity index (χ2v) is 6.01. The quantitative estimate of drug-likeness (QED) is 0.589. The third-order valence-corrected chi connectivity index (χ3v) is 3.29. The second kappa shape index (κ2) is 9.47. The molecule has 0 bridgehead atoms. The number of aliphatic hydroxyl groups is 1. The molecule has 0 saturated heterocycles. The van der Waals surface area contributed by atoms with Gasteiger partial charge in [-0.15, -0.1) is 0 Å². The van der Waals surface area contributed by atoms with E-state index in [0.717, 1.165) is 0 Å². The molecule has 0 aliphatic carbocycles. The van der Waals surface area contributed by atoms with Gasteiger partial charge >= 0.3 is 0 Å². The first kappa shape index (κ1) is 20.1. The molecule has 0 aliphatic rings. The zero-order chi connectivity index (χ0) is 19.8. The van der Waals surface area contributed by atoms with E-state index in [9.17, 15) is 4.79 Å². The summed E-state index contributed by atoms with van der Waals surface area (Å²) in [5.41, 5.74) is 9.12. The summed E-state index contributed by atoms with van der Waals surface area (Å²) < 4.78 is 5.37. The van der Waals surface area contributed by atoms with Gasteiger partial charge in [0, 0.05) is 5.56 Å². The Hall–Kier alpha value is -3.22. The van der Waals surface area contributed by atoms with Crippen LogP contribution in [0.3, 0.4) is 0 Å². The highest BCUT2D eigenvalue weighted by atomic mass is 16.7. The fourth-order valence-corrected chi connectivity index (χ4v) is 2.10. The van der Waals surface area contributed by atoms with Crippen LogP contribution < -0.4 is 16.0 Å². The molecule has 0 fully saturated rings. The van der Waals surface area contributed by atoms with Gasteiger partial charge in [0.2, 0.25) is 5.88 Å². The molecule has 0 unspecified atom stereocenters. The lowest BCUT2D eigenvalue weighted by Crippen LogP contribution is -2.28. The van der Waals surface area contributed by atoms with Gasteiger partial charge in [0.05, 0.1) is 24.8 Å². The van der Waals surface area contributed by atoms with Gasteiger partial charge in [-0.1, -0.05) is 26.0 Å². The number of amides is 1. The summed E-state index contributed by atoms with van der Waals surface area (Å²) in [6, 6.07) is 8.65. The fourth-order valence-electron chi connectivity index (χ4n) is 2.10. The van der Waals surface area contributed by atoms with Crippen LogP contribution in [0.2, 0.25) is 0 Å². The maximum absolute atomic E-state index is 12.4. The summed E-state index contributed by atoms with van der Waals surface area (Å²) in [6.45, 7) is 3.83. The van der Waals surface area contributed by atoms with Gasteiger partial charge < -0.3 is 15.6 Å². The number of hydrogen-bond donors (Lipinski definition) is 3. The van der Waals surface area contributed by atoms with Crippen LogP contribution >= 0.6 is 0 Å². The Balaban J connectivity index is 2.39. The summed E-state index contributed by atoms with van der Waals surface area (Å²) in [4.78, 5) is 25.9. The molecule has 1 aromatic carbocycles. The zero-order valence-electron chi connectivity index (χ0n) is 15.1. The minimum atomic E-state index is -0.654. The summed E-state index contributed by atoms with van der Waals surface area (Å²) >= 11 is 0. The van der Waals surface area contributed by atoms with Gasteiger partial charge in [0.15, 0.2) is 5.82 Å². The highest BCUT2D eigenvalue weighted by Gasteiger charge is 2.22. The second-order valence-electron chi connectivity index (χ2n) is 6.01. The number of nitrogen functional groups attached to an aromatic ring is 1. The van der Waals surface area contributed by atoms with Gasteiger partial charge in [-0.2, -0.15) is 10.2 Å². The predicted molar refractivity (Wildman–Crippen MR) is 97.4 cm³/mol. The van der Waals surface area contributed by atoms with E-state index in [2.05, 4.69) is 15.4 Å². The first-order chi connectivity index (χ1) is 13.0. The number of nitrogens with zero attached hydrogens (tertiary/aromatic N) is 3. The molecule has 0 atom stereocenters. The van der Waals surface area contributed by atoms with Crippen LogP contribution in [0.5, 0.6) is 5.88 Å². The van der Waals surface area contributed by atoms with Crippen molar-refractivity contribution in [2.45, 2.75) is 13.8 Å². The number of ether oxygens (including phenoxy) is 1. The van der Waals surface area contributed by atoms with Gasteiger partial charge in [0.25, 0.3) is 5.91 Å². The number of nitriles is 1. The maximum atomic E-state index is 12.4. The highest BCUT2D eigenvalue weighted by Crippen LogP contribution is 2.26. The third kappa shape index (κ3) is 5.37. The average molecular weight is 371 g/mol. The number of aliphatic hydroxyl groups excluding tert-OH is 1. The smallest absolute Gasteiger partial charge is 0.284 e. The summed E-state index contributed by atoms with van der Waals surface area (Å²) in [6.07, 6.45) is 0. The van der Waals surface area contributed by atoms with Crippen molar-refractivity contribution in [3.8, 4) is 23.3 Å². The van der Waals surface area contributed by atoms with Crippen molar-refractivity contribution >= 4 is 11.7 Å². The molecule has 142 valence electrons. The Labute approximate surface area is 156 Å². The van der Waals surface area contributed by atoms with Crippen LogP contribution in [0, 0.1) is 17.2 Å². The predicted octanol–water partition coefficient (Wildman–Crippen LogP) is 1.29. The number of hydrogen-bond acceptors (Lipinski definition) is 8. The molecule has 27 heavy (non-hydrogen) atoms. The minimum absolute atomic E-state index is 0.0821. The Morgan fingerprint density at radius 1 is 1.41 bits per heavy atom. The molecule has 1 heterocycles. The van der Waals surface area contributed by atoms with Crippen molar-refractivity contribution in [1.29, 1.82) is 5.26 Å². The first-order valence-corrected chi connectivity index (χ1v) is 8.30. The Kier molecular flexibility index (Phi) is 7.05. The van der Waals surface area contributed by atoms with Crippen LogP contribution in [-0.4, -0.2) is 40.8 Å². The zero-order valence-corrected chi connectivity index (χ0v) is 15.1. The van der Waals surface area contributed by atoms with Gasteiger partial charge in [-0.3, -0.25) is 9.63 Å². The Bertz CT molecular complexity index is 848. The van der Waals surface area contributed by atoms with Crippen molar-refractivity contribution in [2.75, 3.05) is 25.6 Å². The highest BCUT2D eigenvalue weighted by molar-refractivity contribution is 6.00. The lowest BCUT2D eigenvalue weighted by Gasteiger charge is -2.14. The number of carbonyl (C=O) groups is 1. The summed E-state index contributed by atoms with van der Waals surface area (Å²) in [7, 11) is 0. The molecule has 9 heteroatoms. The normalized spacial score (nSPS) is 10.5.